The van der Waals surface area contributed by atoms with Gasteiger partial charge in [-0.15, -0.1) is 0 Å². The van der Waals surface area contributed by atoms with Crippen LogP contribution in [0.15, 0.2) is 28.7 Å². The zero-order valence-corrected chi connectivity index (χ0v) is 9.81. The van der Waals surface area contributed by atoms with Crippen molar-refractivity contribution in [3.05, 3.63) is 34.3 Å². The molecule has 0 heterocycles. The SMILES string of the molecule is COc1ccc(C=CCS)cc1Br. The third kappa shape index (κ3) is 3.08. The number of hydrogen-bond donors (Lipinski definition) is 1. The molecule has 0 unspecified atom stereocenters. The Labute approximate surface area is 92.3 Å². The highest BCUT2D eigenvalue weighted by atomic mass is 79.9. The number of hydrogen-bond acceptors (Lipinski definition) is 2. The summed E-state index contributed by atoms with van der Waals surface area (Å²) in [5.41, 5.74) is 1.14. The number of halogens is 1. The van der Waals surface area contributed by atoms with E-state index < -0.39 is 0 Å². The minimum atomic E-state index is 0.754. The first-order chi connectivity index (χ1) is 6.27. The van der Waals surface area contributed by atoms with Gasteiger partial charge in [0.2, 0.25) is 0 Å². The lowest BCUT2D eigenvalue weighted by Crippen LogP contribution is -1.84. The average Bonchev–Trinajstić information content (AvgIpc) is 2.15. The Morgan fingerprint density at radius 3 is 2.85 bits per heavy atom. The fraction of sp³-hybridized carbons (Fsp3) is 0.200. The van der Waals surface area contributed by atoms with Crippen molar-refractivity contribution in [3.63, 3.8) is 0 Å². The summed E-state index contributed by atoms with van der Waals surface area (Å²) in [6.45, 7) is 0. The third-order valence-corrected chi connectivity index (χ3v) is 2.42. The van der Waals surface area contributed by atoms with Crippen molar-refractivity contribution in [2.45, 2.75) is 0 Å². The second-order valence-electron chi connectivity index (χ2n) is 2.48. The molecule has 0 aliphatic rings. The summed E-state index contributed by atoms with van der Waals surface area (Å²) < 4.78 is 6.09. The Morgan fingerprint density at radius 2 is 2.31 bits per heavy atom. The van der Waals surface area contributed by atoms with Crippen LogP contribution in [0.1, 0.15) is 5.56 Å². The number of methoxy groups -OCH3 is 1. The van der Waals surface area contributed by atoms with Crippen molar-refractivity contribution in [2.24, 2.45) is 0 Å². The molecule has 0 aliphatic heterocycles. The number of rotatable bonds is 3. The second kappa shape index (κ2) is 5.35. The normalized spacial score (nSPS) is 10.7. The number of thiol groups is 1. The fourth-order valence-electron chi connectivity index (χ4n) is 0.975. The van der Waals surface area contributed by atoms with Crippen molar-refractivity contribution < 1.29 is 4.74 Å². The van der Waals surface area contributed by atoms with E-state index in [9.17, 15) is 0 Å². The summed E-state index contributed by atoms with van der Waals surface area (Å²) in [5, 5.41) is 0. The Morgan fingerprint density at radius 1 is 1.54 bits per heavy atom. The average molecular weight is 259 g/mol. The molecule has 0 saturated carbocycles. The van der Waals surface area contributed by atoms with Crippen LogP contribution >= 0.6 is 28.6 Å². The van der Waals surface area contributed by atoms with Crippen LogP contribution in [0, 0.1) is 0 Å². The van der Waals surface area contributed by atoms with Gasteiger partial charge in [-0.3, -0.25) is 0 Å². The van der Waals surface area contributed by atoms with Crippen LogP contribution in [0.4, 0.5) is 0 Å². The van der Waals surface area contributed by atoms with E-state index in [1.165, 1.54) is 0 Å². The van der Waals surface area contributed by atoms with E-state index in [4.69, 9.17) is 4.74 Å². The number of ether oxygens (including phenoxy) is 1. The highest BCUT2D eigenvalue weighted by molar-refractivity contribution is 9.10. The van der Waals surface area contributed by atoms with Gasteiger partial charge in [-0.05, 0) is 33.6 Å². The Bertz CT molecular complexity index is 310. The van der Waals surface area contributed by atoms with E-state index in [0.717, 1.165) is 21.5 Å². The lowest BCUT2D eigenvalue weighted by atomic mass is 10.2. The van der Waals surface area contributed by atoms with Crippen molar-refractivity contribution in [1.29, 1.82) is 0 Å². The maximum absolute atomic E-state index is 5.12. The van der Waals surface area contributed by atoms with Gasteiger partial charge >= 0.3 is 0 Å². The van der Waals surface area contributed by atoms with Gasteiger partial charge in [0.25, 0.3) is 0 Å². The van der Waals surface area contributed by atoms with Crippen LogP contribution in [-0.4, -0.2) is 12.9 Å². The lowest BCUT2D eigenvalue weighted by Gasteiger charge is -2.02. The molecule has 1 rings (SSSR count). The predicted molar refractivity (Wildman–Crippen MR) is 63.6 cm³/mol. The van der Waals surface area contributed by atoms with E-state index in [-0.39, 0.29) is 0 Å². The van der Waals surface area contributed by atoms with Gasteiger partial charge < -0.3 is 4.74 Å². The summed E-state index contributed by atoms with van der Waals surface area (Å²) >= 11 is 7.51. The highest BCUT2D eigenvalue weighted by Gasteiger charge is 1.98. The van der Waals surface area contributed by atoms with E-state index in [1.807, 2.05) is 30.4 Å². The minimum Gasteiger partial charge on any atom is -0.496 e. The molecule has 0 aliphatic carbocycles. The molecule has 0 bridgehead atoms. The first-order valence-corrected chi connectivity index (χ1v) is 5.31. The maximum Gasteiger partial charge on any atom is 0.133 e. The van der Waals surface area contributed by atoms with Crippen LogP contribution in [0.3, 0.4) is 0 Å². The van der Waals surface area contributed by atoms with Crippen molar-refractivity contribution >= 4 is 34.6 Å². The van der Waals surface area contributed by atoms with Crippen LogP contribution in [0.2, 0.25) is 0 Å². The molecule has 70 valence electrons. The quantitative estimate of drug-likeness (QED) is 0.818. The predicted octanol–water partition coefficient (Wildman–Crippen LogP) is 3.40. The summed E-state index contributed by atoms with van der Waals surface area (Å²) in [6.07, 6.45) is 4.02. The van der Waals surface area contributed by atoms with Gasteiger partial charge in [0.1, 0.15) is 5.75 Å². The van der Waals surface area contributed by atoms with Crippen molar-refractivity contribution in [3.8, 4) is 5.75 Å². The largest absolute Gasteiger partial charge is 0.496 e. The zero-order chi connectivity index (χ0) is 9.68. The van der Waals surface area contributed by atoms with Gasteiger partial charge in [-0.25, -0.2) is 0 Å². The zero-order valence-electron chi connectivity index (χ0n) is 7.33. The molecule has 1 aromatic carbocycles. The van der Waals surface area contributed by atoms with Crippen LogP contribution in [0.25, 0.3) is 6.08 Å². The molecule has 1 nitrogen and oxygen atoms in total. The monoisotopic (exact) mass is 258 g/mol. The summed E-state index contributed by atoms with van der Waals surface area (Å²) in [6, 6.07) is 5.95. The van der Waals surface area contributed by atoms with Crippen LogP contribution in [0.5, 0.6) is 5.75 Å². The molecule has 13 heavy (non-hydrogen) atoms. The maximum atomic E-state index is 5.12. The van der Waals surface area contributed by atoms with Gasteiger partial charge in [0.05, 0.1) is 11.6 Å². The molecule has 0 spiro atoms. The molecule has 1 aromatic rings. The van der Waals surface area contributed by atoms with Gasteiger partial charge in [0, 0.05) is 5.75 Å². The molecule has 0 atom stereocenters. The van der Waals surface area contributed by atoms with E-state index >= 15 is 0 Å². The molecule has 0 saturated heterocycles. The molecule has 0 fully saturated rings. The third-order valence-electron chi connectivity index (χ3n) is 1.59. The smallest absolute Gasteiger partial charge is 0.133 e. The minimum absolute atomic E-state index is 0.754. The van der Waals surface area contributed by atoms with E-state index in [0.29, 0.717) is 0 Å². The molecule has 0 amide bonds. The molecular weight excluding hydrogens is 248 g/mol. The summed E-state index contributed by atoms with van der Waals surface area (Å²) in [7, 11) is 1.66. The first-order valence-electron chi connectivity index (χ1n) is 3.89. The van der Waals surface area contributed by atoms with Gasteiger partial charge in [0.15, 0.2) is 0 Å². The van der Waals surface area contributed by atoms with Gasteiger partial charge in [-0.1, -0.05) is 18.2 Å². The van der Waals surface area contributed by atoms with Gasteiger partial charge in [-0.2, -0.15) is 12.6 Å². The molecule has 0 radical (unpaired) electrons. The molecule has 0 N–H and O–H groups in total. The van der Waals surface area contributed by atoms with Crippen LogP contribution in [-0.2, 0) is 0 Å². The number of benzene rings is 1. The summed E-state index contributed by atoms with van der Waals surface area (Å²) in [5.74, 6) is 1.60. The highest BCUT2D eigenvalue weighted by Crippen LogP contribution is 2.25. The molecule has 0 aromatic heterocycles. The summed E-state index contributed by atoms with van der Waals surface area (Å²) in [4.78, 5) is 0. The molecule has 3 heteroatoms. The van der Waals surface area contributed by atoms with E-state index in [1.54, 1.807) is 7.11 Å². The Balaban J connectivity index is 2.89. The Hall–Kier alpha value is -0.410. The standard InChI is InChI=1S/C10H11BrOS/c1-12-10-5-4-8(3-2-6-13)7-9(10)11/h2-5,7,13H,6H2,1H3. The topological polar surface area (TPSA) is 9.23 Å². The fourth-order valence-corrected chi connectivity index (χ4v) is 1.64. The first kappa shape index (κ1) is 10.7. The second-order valence-corrected chi connectivity index (χ2v) is 3.70. The lowest BCUT2D eigenvalue weighted by molar-refractivity contribution is 0.412. The Kier molecular flexibility index (Phi) is 4.39. The van der Waals surface area contributed by atoms with Crippen molar-refractivity contribution in [2.75, 3.05) is 12.9 Å². The molecular formula is C10H11BrOS. The van der Waals surface area contributed by atoms with E-state index in [2.05, 4.69) is 28.6 Å². The van der Waals surface area contributed by atoms with Crippen molar-refractivity contribution in [1.82, 2.24) is 0 Å². The van der Waals surface area contributed by atoms with Crippen LogP contribution < -0.4 is 4.74 Å².